The normalized spacial score (nSPS) is 17.7. The lowest BCUT2D eigenvalue weighted by molar-refractivity contribution is -0.143. The zero-order valence-electron chi connectivity index (χ0n) is 14.0. The largest absolute Gasteiger partial charge is 0.481 e. The van der Waals surface area contributed by atoms with E-state index < -0.39 is 5.97 Å². The highest BCUT2D eigenvalue weighted by Gasteiger charge is 2.30. The minimum Gasteiger partial charge on any atom is -0.481 e. The third-order valence-corrected chi connectivity index (χ3v) is 6.14. The molecule has 4 nitrogen and oxygen atoms in total. The molecule has 0 saturated carbocycles. The van der Waals surface area contributed by atoms with Crippen molar-refractivity contribution in [3.05, 3.63) is 52.0 Å². The molecular weight excluding hydrogens is 320 g/mol. The molecule has 1 aliphatic heterocycles. The van der Waals surface area contributed by atoms with Gasteiger partial charge in [-0.25, -0.2) is 0 Å². The van der Waals surface area contributed by atoms with Gasteiger partial charge in [0.05, 0.1) is 5.92 Å². The number of pyridine rings is 1. The Balaban J connectivity index is 1.78. The van der Waals surface area contributed by atoms with E-state index >= 15 is 0 Å². The quantitative estimate of drug-likeness (QED) is 0.866. The number of carboxylic acids is 1. The van der Waals surface area contributed by atoms with Crippen LogP contribution in [0, 0.1) is 5.92 Å². The first-order valence-corrected chi connectivity index (χ1v) is 9.44. The average Bonchev–Trinajstić information content (AvgIpc) is 3.09. The van der Waals surface area contributed by atoms with Gasteiger partial charge in [0, 0.05) is 34.1 Å². The molecule has 128 valence electrons. The number of hydrogen-bond acceptors (Lipinski definition) is 4. The van der Waals surface area contributed by atoms with E-state index in [-0.39, 0.29) is 5.92 Å². The van der Waals surface area contributed by atoms with E-state index in [2.05, 4.69) is 35.0 Å². The maximum atomic E-state index is 11.2. The Hall–Kier alpha value is -1.72. The molecule has 3 heterocycles. The lowest BCUT2D eigenvalue weighted by atomic mass is 9.94. The van der Waals surface area contributed by atoms with E-state index in [9.17, 15) is 9.90 Å². The molecule has 24 heavy (non-hydrogen) atoms. The summed E-state index contributed by atoms with van der Waals surface area (Å²) in [6.07, 6.45) is 5.25. The maximum absolute atomic E-state index is 11.2. The third-order valence-electron chi connectivity index (χ3n) is 4.81. The molecule has 1 unspecified atom stereocenters. The predicted molar refractivity (Wildman–Crippen MR) is 96.3 cm³/mol. The summed E-state index contributed by atoms with van der Waals surface area (Å²) in [5.41, 5.74) is 1.09. The number of aryl methyl sites for hydroxylation is 1. The molecule has 1 aliphatic rings. The lowest BCUT2D eigenvalue weighted by Crippen LogP contribution is -2.39. The summed E-state index contributed by atoms with van der Waals surface area (Å²) in [6, 6.07) is 10.8. The Labute approximate surface area is 147 Å². The molecule has 3 rings (SSSR count). The van der Waals surface area contributed by atoms with Gasteiger partial charge in [-0.1, -0.05) is 13.0 Å². The molecule has 1 fully saturated rings. The number of hydrogen-bond donors (Lipinski definition) is 1. The van der Waals surface area contributed by atoms with Crippen LogP contribution in [0.3, 0.4) is 0 Å². The number of nitrogens with zero attached hydrogens (tertiary/aromatic N) is 2. The number of thiophene rings is 1. The number of piperidine rings is 1. The third kappa shape index (κ3) is 4.02. The van der Waals surface area contributed by atoms with Crippen LogP contribution in [0.1, 0.15) is 41.3 Å². The Morgan fingerprint density at radius 3 is 2.71 bits per heavy atom. The monoisotopic (exact) mass is 344 g/mol. The summed E-state index contributed by atoms with van der Waals surface area (Å²) >= 11 is 1.88. The molecule has 1 saturated heterocycles. The molecule has 2 aromatic heterocycles. The van der Waals surface area contributed by atoms with Crippen LogP contribution in [-0.4, -0.2) is 34.0 Å². The Bertz CT molecular complexity index is 663. The van der Waals surface area contributed by atoms with Crippen molar-refractivity contribution in [2.24, 2.45) is 5.92 Å². The van der Waals surface area contributed by atoms with Gasteiger partial charge in [0.25, 0.3) is 0 Å². The zero-order valence-corrected chi connectivity index (χ0v) is 14.8. The van der Waals surface area contributed by atoms with E-state index in [1.807, 2.05) is 29.7 Å². The van der Waals surface area contributed by atoms with E-state index in [1.54, 1.807) is 0 Å². The van der Waals surface area contributed by atoms with E-state index in [0.717, 1.165) is 44.5 Å². The van der Waals surface area contributed by atoms with Crippen molar-refractivity contribution in [2.75, 3.05) is 13.1 Å². The second-order valence-electron chi connectivity index (χ2n) is 6.35. The highest BCUT2D eigenvalue weighted by molar-refractivity contribution is 7.12. The van der Waals surface area contributed by atoms with Crippen LogP contribution >= 0.6 is 11.3 Å². The molecule has 1 N–H and O–H groups in total. The highest BCUT2D eigenvalue weighted by atomic mass is 32.1. The number of aromatic nitrogens is 1. The van der Waals surface area contributed by atoms with E-state index in [1.165, 1.54) is 9.75 Å². The minimum absolute atomic E-state index is 0.189. The molecule has 2 aromatic rings. The fourth-order valence-corrected chi connectivity index (χ4v) is 4.44. The fraction of sp³-hybridized carbons (Fsp3) is 0.474. The number of carbonyl (C=O) groups is 1. The van der Waals surface area contributed by atoms with Crippen molar-refractivity contribution in [3.8, 4) is 0 Å². The number of carboxylic acid groups (broad SMARTS) is 1. The lowest BCUT2D eigenvalue weighted by Gasteiger charge is -2.36. The molecule has 0 aromatic carbocycles. The average molecular weight is 344 g/mol. The van der Waals surface area contributed by atoms with Crippen molar-refractivity contribution < 1.29 is 9.90 Å². The standard InChI is InChI=1S/C19H24N2O2S/c1-2-16-6-7-18(24-16)17(13-15-5-3-4-10-20-15)21-11-8-14(9-12-21)19(22)23/h3-7,10,14,17H,2,8-9,11-13H2,1H3,(H,22,23). The van der Waals surface area contributed by atoms with Crippen LogP contribution in [0.4, 0.5) is 0 Å². The number of likely N-dealkylation sites (tertiary alicyclic amines) is 1. The van der Waals surface area contributed by atoms with Gasteiger partial charge in [0.15, 0.2) is 0 Å². The molecule has 5 heteroatoms. The molecule has 1 atom stereocenters. The fourth-order valence-electron chi connectivity index (χ4n) is 3.35. The van der Waals surface area contributed by atoms with Gasteiger partial charge in [-0.05, 0) is 56.6 Å². The smallest absolute Gasteiger partial charge is 0.306 e. The molecule has 0 bridgehead atoms. The SMILES string of the molecule is CCc1ccc(C(Cc2ccccn2)N2CCC(C(=O)O)CC2)s1. The summed E-state index contributed by atoms with van der Waals surface area (Å²) < 4.78 is 0. The second-order valence-corrected chi connectivity index (χ2v) is 7.55. The van der Waals surface area contributed by atoms with Gasteiger partial charge < -0.3 is 5.11 Å². The van der Waals surface area contributed by atoms with Crippen LogP contribution in [0.15, 0.2) is 36.5 Å². The Morgan fingerprint density at radius 1 is 1.33 bits per heavy atom. The van der Waals surface area contributed by atoms with Crippen LogP contribution in [0.25, 0.3) is 0 Å². The van der Waals surface area contributed by atoms with Crippen molar-refractivity contribution in [1.29, 1.82) is 0 Å². The van der Waals surface area contributed by atoms with Crippen LogP contribution in [0.2, 0.25) is 0 Å². The summed E-state index contributed by atoms with van der Waals surface area (Å²) in [4.78, 5) is 20.9. The second kappa shape index (κ2) is 7.90. The molecule has 0 amide bonds. The molecule has 0 aliphatic carbocycles. The summed E-state index contributed by atoms with van der Waals surface area (Å²) in [5, 5.41) is 9.22. The summed E-state index contributed by atoms with van der Waals surface area (Å²) in [6.45, 7) is 3.86. The van der Waals surface area contributed by atoms with Gasteiger partial charge >= 0.3 is 5.97 Å². The van der Waals surface area contributed by atoms with Gasteiger partial charge in [0.1, 0.15) is 0 Å². The van der Waals surface area contributed by atoms with Crippen molar-refractivity contribution in [2.45, 2.75) is 38.6 Å². The first-order chi connectivity index (χ1) is 11.7. The predicted octanol–water partition coefficient (Wildman–Crippen LogP) is 3.79. The Kier molecular flexibility index (Phi) is 5.63. The van der Waals surface area contributed by atoms with Crippen molar-refractivity contribution in [3.63, 3.8) is 0 Å². The van der Waals surface area contributed by atoms with Gasteiger partial charge in [-0.3, -0.25) is 14.7 Å². The molecule has 0 spiro atoms. The van der Waals surface area contributed by atoms with Gasteiger partial charge in [-0.15, -0.1) is 11.3 Å². The summed E-state index contributed by atoms with van der Waals surface area (Å²) in [7, 11) is 0. The van der Waals surface area contributed by atoms with Gasteiger partial charge in [-0.2, -0.15) is 0 Å². The van der Waals surface area contributed by atoms with Gasteiger partial charge in [0.2, 0.25) is 0 Å². The first kappa shape index (κ1) is 17.1. The topological polar surface area (TPSA) is 53.4 Å². The van der Waals surface area contributed by atoms with E-state index in [4.69, 9.17) is 0 Å². The highest BCUT2D eigenvalue weighted by Crippen LogP contribution is 2.33. The van der Waals surface area contributed by atoms with Crippen LogP contribution < -0.4 is 0 Å². The maximum Gasteiger partial charge on any atom is 0.306 e. The number of aliphatic carboxylic acids is 1. The molecule has 0 radical (unpaired) electrons. The first-order valence-electron chi connectivity index (χ1n) is 8.62. The Morgan fingerprint density at radius 2 is 2.12 bits per heavy atom. The zero-order chi connectivity index (χ0) is 16.9. The van der Waals surface area contributed by atoms with Crippen molar-refractivity contribution in [1.82, 2.24) is 9.88 Å². The van der Waals surface area contributed by atoms with Crippen LogP contribution in [-0.2, 0) is 17.6 Å². The van der Waals surface area contributed by atoms with E-state index in [0.29, 0.717) is 6.04 Å². The molecular formula is C19H24N2O2S. The van der Waals surface area contributed by atoms with Crippen LogP contribution in [0.5, 0.6) is 0 Å². The minimum atomic E-state index is -0.652. The van der Waals surface area contributed by atoms with Crippen molar-refractivity contribution >= 4 is 17.3 Å². The summed E-state index contributed by atoms with van der Waals surface area (Å²) in [5.74, 6) is -0.841. The number of rotatable bonds is 6.